The molecule has 46 heavy (non-hydrogen) atoms. The summed E-state index contributed by atoms with van der Waals surface area (Å²) in [7, 11) is 3.07. The Labute approximate surface area is 270 Å². The van der Waals surface area contributed by atoms with Gasteiger partial charge in [-0.15, -0.1) is 13.2 Å². The minimum Gasteiger partial charge on any atom is -0.497 e. The van der Waals surface area contributed by atoms with Gasteiger partial charge in [-0.25, -0.2) is 8.51 Å². The van der Waals surface area contributed by atoms with E-state index in [2.05, 4.69) is 4.74 Å². The third kappa shape index (κ3) is 5.67. The zero-order valence-electron chi connectivity index (χ0n) is 25.4. The van der Waals surface area contributed by atoms with E-state index in [0.717, 1.165) is 16.4 Å². The van der Waals surface area contributed by atoms with Gasteiger partial charge in [0.2, 0.25) is 5.91 Å². The number of halogens is 4. The molecule has 10 nitrogen and oxygen atoms in total. The van der Waals surface area contributed by atoms with Crippen molar-refractivity contribution in [2.24, 2.45) is 0 Å². The third-order valence-corrected chi connectivity index (χ3v) is 9.61. The second kappa shape index (κ2) is 12.4. The summed E-state index contributed by atoms with van der Waals surface area (Å²) in [6, 6.07) is 11.7. The molecule has 2 aliphatic rings. The molecule has 3 aromatic carbocycles. The van der Waals surface area contributed by atoms with Crippen LogP contribution < -0.4 is 18.5 Å². The summed E-state index contributed by atoms with van der Waals surface area (Å²) in [6.45, 7) is 1.62. The van der Waals surface area contributed by atoms with Crippen molar-refractivity contribution in [3.8, 4) is 17.2 Å². The number of amides is 2. The van der Waals surface area contributed by atoms with Crippen molar-refractivity contribution in [2.45, 2.75) is 42.3 Å². The number of β-amino-alcohol motifs (C(OH)–C–C–N with tert-alkyl or cyclic N) is 1. The highest BCUT2D eigenvalue weighted by atomic mass is 35.5. The van der Waals surface area contributed by atoms with E-state index in [0.29, 0.717) is 5.56 Å². The Bertz CT molecular complexity index is 1720. The first-order chi connectivity index (χ1) is 21.6. The molecule has 2 amide bonds. The maximum absolute atomic E-state index is 15.2. The lowest BCUT2D eigenvalue weighted by Gasteiger charge is -2.42. The molecule has 2 aliphatic heterocycles. The lowest BCUT2D eigenvalue weighted by molar-refractivity contribution is -0.275. The van der Waals surface area contributed by atoms with Crippen LogP contribution in [0.15, 0.2) is 59.5 Å². The minimum atomic E-state index is -5.16. The Hall–Kier alpha value is -3.85. The fraction of sp³-hybridized carbons (Fsp3) is 0.355. The molecule has 5 rings (SSSR count). The number of carbonyl (C=O) groups is 2. The second-order valence-electron chi connectivity index (χ2n) is 11.1. The lowest BCUT2D eigenvalue weighted by atomic mass is 9.80. The fourth-order valence-electron chi connectivity index (χ4n) is 6.09. The summed E-state index contributed by atoms with van der Waals surface area (Å²) >= 11 is 6.51. The zero-order chi connectivity index (χ0) is 33.7. The number of rotatable bonds is 8. The number of methoxy groups -OCH3 is 2. The molecular formula is C31H31ClF3N3O7S. The monoisotopic (exact) mass is 681 g/mol. The minimum absolute atomic E-state index is 0.00475. The number of carbonyl (C=O) groups excluding carboxylic acids is 2. The highest BCUT2D eigenvalue weighted by Crippen LogP contribution is 2.55. The first-order valence-electron chi connectivity index (χ1n) is 13.9. The van der Waals surface area contributed by atoms with E-state index in [4.69, 9.17) is 21.1 Å². The maximum atomic E-state index is 15.2. The molecule has 1 fully saturated rings. The number of hydrogen-bond acceptors (Lipinski definition) is 8. The number of likely N-dealkylation sites (tertiary alicyclic amines) is 1. The van der Waals surface area contributed by atoms with Crippen molar-refractivity contribution < 1.29 is 46.3 Å². The topological polar surface area (TPSA) is 109 Å². The normalized spacial score (nSPS) is 22.0. The number of ether oxygens (including phenoxy) is 3. The molecule has 0 aliphatic carbocycles. The molecule has 0 spiro atoms. The summed E-state index contributed by atoms with van der Waals surface area (Å²) in [6.07, 6.45) is -6.22. The standard InChI is InChI=1S/C31H31ClF3N3O7S/c1-17-6-10-25(44-5)22(12-17)30(37-16-19(39)14-24(37)28(40)36(2)3)21-13-18(32)7-9-23(21)38(29(30)41)46(42)27-11-8-20(43-4)15-26(27)45-31(33,34)35/h6-13,15,19,24,39H,14,16H2,1-5H3/t19-,24+,30?,46?/m0/s1. The largest absolute Gasteiger partial charge is 0.573 e. The maximum Gasteiger partial charge on any atom is 0.573 e. The van der Waals surface area contributed by atoms with E-state index in [1.54, 1.807) is 39.2 Å². The van der Waals surface area contributed by atoms with E-state index < -0.39 is 57.5 Å². The average Bonchev–Trinajstić information content (AvgIpc) is 3.49. The molecule has 0 saturated carbocycles. The van der Waals surface area contributed by atoms with Gasteiger partial charge in [-0.2, -0.15) is 0 Å². The van der Waals surface area contributed by atoms with E-state index in [1.807, 2.05) is 0 Å². The Morgan fingerprint density at radius 2 is 1.76 bits per heavy atom. The van der Waals surface area contributed by atoms with Crippen molar-refractivity contribution in [1.29, 1.82) is 0 Å². The van der Waals surface area contributed by atoms with Crippen LogP contribution in [-0.4, -0.2) is 84.3 Å². The number of hydrogen-bond donors (Lipinski definition) is 1. The van der Waals surface area contributed by atoms with Crippen LogP contribution in [0, 0.1) is 6.92 Å². The van der Waals surface area contributed by atoms with Crippen LogP contribution in [0.4, 0.5) is 18.9 Å². The number of aliphatic hydroxyl groups excluding tert-OH is 1. The first kappa shape index (κ1) is 33.5. The van der Waals surface area contributed by atoms with Crippen LogP contribution in [0.2, 0.25) is 5.02 Å². The Balaban J connectivity index is 1.83. The highest BCUT2D eigenvalue weighted by Gasteiger charge is 2.63. The molecule has 246 valence electrons. The predicted octanol–water partition coefficient (Wildman–Crippen LogP) is 4.40. The molecule has 2 heterocycles. The number of alkyl halides is 3. The van der Waals surface area contributed by atoms with E-state index in [9.17, 15) is 27.3 Å². The van der Waals surface area contributed by atoms with Crippen molar-refractivity contribution in [3.63, 3.8) is 0 Å². The highest BCUT2D eigenvalue weighted by molar-refractivity contribution is 7.87. The van der Waals surface area contributed by atoms with Gasteiger partial charge in [-0.05, 0) is 55.8 Å². The predicted molar refractivity (Wildman–Crippen MR) is 163 cm³/mol. The Morgan fingerprint density at radius 3 is 2.39 bits per heavy atom. The van der Waals surface area contributed by atoms with Crippen molar-refractivity contribution >= 4 is 40.1 Å². The number of aryl methyl sites for hydroxylation is 1. The quantitative estimate of drug-likeness (QED) is 0.373. The number of nitrogens with zero attached hydrogens (tertiary/aromatic N) is 3. The van der Waals surface area contributed by atoms with Gasteiger partial charge in [0.05, 0.1) is 32.1 Å². The van der Waals surface area contributed by atoms with Gasteiger partial charge < -0.3 is 24.2 Å². The summed E-state index contributed by atoms with van der Waals surface area (Å²) in [4.78, 5) is 31.2. The summed E-state index contributed by atoms with van der Waals surface area (Å²) in [5.74, 6) is -1.88. The molecule has 0 radical (unpaired) electrons. The van der Waals surface area contributed by atoms with Crippen molar-refractivity contribution in [1.82, 2.24) is 9.80 Å². The number of anilines is 1. The number of aliphatic hydroxyl groups is 1. The van der Waals surface area contributed by atoms with E-state index >= 15 is 4.79 Å². The fourth-order valence-corrected chi connectivity index (χ4v) is 7.53. The number of likely N-dealkylation sites (N-methyl/N-ethyl adjacent to an activating group) is 1. The van der Waals surface area contributed by atoms with Crippen LogP contribution in [0.1, 0.15) is 23.1 Å². The van der Waals surface area contributed by atoms with Gasteiger partial charge in [0.25, 0.3) is 5.91 Å². The molecule has 2 unspecified atom stereocenters. The van der Waals surface area contributed by atoms with Crippen LogP contribution in [0.25, 0.3) is 0 Å². The zero-order valence-corrected chi connectivity index (χ0v) is 27.0. The second-order valence-corrected chi connectivity index (χ2v) is 12.8. The van der Waals surface area contributed by atoms with E-state index in [-0.39, 0.29) is 46.3 Å². The number of fused-ring (bicyclic) bond motifs is 1. The van der Waals surface area contributed by atoms with Gasteiger partial charge >= 0.3 is 6.36 Å². The van der Waals surface area contributed by atoms with Crippen LogP contribution in [-0.2, 0) is 26.1 Å². The Morgan fingerprint density at radius 1 is 1.04 bits per heavy atom. The van der Waals surface area contributed by atoms with Gasteiger partial charge in [0.1, 0.15) is 16.4 Å². The van der Waals surface area contributed by atoms with Gasteiger partial charge in [0, 0.05) is 42.9 Å². The molecule has 0 bridgehead atoms. The Kier molecular flexibility index (Phi) is 9.03. The van der Waals surface area contributed by atoms with Crippen LogP contribution in [0.3, 0.4) is 0 Å². The lowest BCUT2D eigenvalue weighted by Crippen LogP contribution is -2.59. The third-order valence-electron chi connectivity index (χ3n) is 7.97. The van der Waals surface area contributed by atoms with Crippen LogP contribution >= 0.6 is 11.6 Å². The molecule has 1 saturated heterocycles. The SMILES string of the molecule is COc1ccc(S(=O)N2C(=O)C(c3cc(C)ccc3OC)(N3C[C@@H](O)C[C@@H]3C(=O)N(C)C)c3cc(Cl)ccc32)c(OC(F)(F)F)c1. The molecule has 3 aromatic rings. The molecule has 4 atom stereocenters. The summed E-state index contributed by atoms with van der Waals surface area (Å²) < 4.78 is 70.9. The molecular weight excluding hydrogens is 651 g/mol. The average molecular weight is 682 g/mol. The summed E-state index contributed by atoms with van der Waals surface area (Å²) in [5, 5.41) is 11.1. The number of benzene rings is 3. The first-order valence-corrected chi connectivity index (χ1v) is 15.4. The smallest absolute Gasteiger partial charge is 0.497 e. The molecule has 1 N–H and O–H groups in total. The van der Waals surface area contributed by atoms with Gasteiger partial charge in [-0.1, -0.05) is 23.2 Å². The summed E-state index contributed by atoms with van der Waals surface area (Å²) in [5.41, 5.74) is -0.756. The van der Waals surface area contributed by atoms with Gasteiger partial charge in [-0.3, -0.25) is 14.5 Å². The van der Waals surface area contributed by atoms with Crippen molar-refractivity contribution in [3.05, 3.63) is 76.3 Å². The molecule has 0 aromatic heterocycles. The van der Waals surface area contributed by atoms with Crippen molar-refractivity contribution in [2.75, 3.05) is 39.2 Å². The van der Waals surface area contributed by atoms with Gasteiger partial charge in [0.15, 0.2) is 22.3 Å². The van der Waals surface area contributed by atoms with E-state index in [1.165, 1.54) is 48.3 Å². The molecule has 15 heteroatoms. The van der Waals surface area contributed by atoms with Crippen LogP contribution in [0.5, 0.6) is 17.2 Å².